The van der Waals surface area contributed by atoms with Gasteiger partial charge in [0.25, 0.3) is 0 Å². The van der Waals surface area contributed by atoms with Crippen LogP contribution in [0.5, 0.6) is 0 Å². The molecule has 1 aromatic carbocycles. The molecule has 0 radical (unpaired) electrons. The maximum Gasteiger partial charge on any atom is 0.219 e. The fourth-order valence-electron chi connectivity index (χ4n) is 4.22. The van der Waals surface area contributed by atoms with E-state index < -0.39 is 18.3 Å². The first-order valence-electron chi connectivity index (χ1n) is 11.5. The van der Waals surface area contributed by atoms with E-state index in [1.54, 1.807) is 4.90 Å². The van der Waals surface area contributed by atoms with Crippen molar-refractivity contribution >= 4 is 16.8 Å². The number of ether oxygens (including phenoxy) is 2. The van der Waals surface area contributed by atoms with E-state index in [4.69, 9.17) is 9.47 Å². The molecular weight excluding hydrogens is 410 g/mol. The van der Waals surface area contributed by atoms with E-state index in [9.17, 15) is 15.0 Å². The number of aromatic nitrogens is 1. The Bertz CT molecular complexity index is 809. The van der Waals surface area contributed by atoms with Crippen LogP contribution in [0, 0.1) is 0 Å². The predicted octanol–water partition coefficient (Wildman–Crippen LogP) is 1.76. The zero-order valence-corrected chi connectivity index (χ0v) is 19.2. The molecule has 0 aliphatic carbocycles. The van der Waals surface area contributed by atoms with Crippen LogP contribution in [-0.4, -0.2) is 95.7 Å². The lowest BCUT2D eigenvalue weighted by Gasteiger charge is -2.31. The third-order valence-electron chi connectivity index (χ3n) is 6.11. The lowest BCUT2D eigenvalue weighted by Crippen LogP contribution is -2.48. The second kappa shape index (κ2) is 12.3. The van der Waals surface area contributed by atoms with Crippen molar-refractivity contribution in [2.45, 2.75) is 51.0 Å². The van der Waals surface area contributed by atoms with Crippen molar-refractivity contribution < 1.29 is 24.5 Å². The highest BCUT2D eigenvalue weighted by atomic mass is 16.5. The number of aliphatic hydroxyl groups excluding tert-OH is 2. The largest absolute Gasteiger partial charge is 0.388 e. The quantitative estimate of drug-likeness (QED) is 0.663. The lowest BCUT2D eigenvalue weighted by atomic mass is 10.1. The maximum atomic E-state index is 12.2. The molecule has 8 heteroatoms. The molecule has 0 saturated carbocycles. The highest BCUT2D eigenvalue weighted by Gasteiger charge is 2.29. The molecule has 8 nitrogen and oxygen atoms in total. The van der Waals surface area contributed by atoms with Crippen molar-refractivity contribution in [2.24, 2.45) is 0 Å². The van der Waals surface area contributed by atoms with Crippen molar-refractivity contribution in [3.8, 4) is 0 Å². The summed E-state index contributed by atoms with van der Waals surface area (Å²) in [4.78, 5) is 19.8. The fourth-order valence-corrected chi connectivity index (χ4v) is 4.22. The van der Waals surface area contributed by atoms with E-state index in [1.165, 1.54) is 25.1 Å². The van der Waals surface area contributed by atoms with Crippen molar-refractivity contribution in [3.05, 3.63) is 36.0 Å². The minimum Gasteiger partial charge on any atom is -0.388 e. The number of aromatic amines is 1. The minimum absolute atomic E-state index is 0.0415. The monoisotopic (exact) mass is 447 g/mol. The summed E-state index contributed by atoms with van der Waals surface area (Å²) in [5.41, 5.74) is 2.31. The average Bonchev–Trinajstić information content (AvgIpc) is 3.19. The maximum absolute atomic E-state index is 12.2. The van der Waals surface area contributed by atoms with Crippen molar-refractivity contribution in [2.75, 3.05) is 46.5 Å². The molecular formula is C24H37N3O5. The van der Waals surface area contributed by atoms with E-state index in [-0.39, 0.29) is 19.1 Å². The van der Waals surface area contributed by atoms with Gasteiger partial charge in [0, 0.05) is 58.0 Å². The molecule has 3 atom stereocenters. The van der Waals surface area contributed by atoms with Crippen molar-refractivity contribution in [1.82, 2.24) is 14.8 Å². The standard InChI is InChI=1S/C24H37N3O5/c1-18(28)27-12-7-11-26(15-20-14-19-8-3-4-9-21(19)25-20)10-5-6-13-32-17-22(29)24(30)23(16-27)31-2/h3-4,8-9,14,22-25,29-30H,5-7,10-13,15-17H2,1-2H3/t22-,23-,24-/m0/s1. The molecule has 1 amide bonds. The first-order valence-corrected chi connectivity index (χ1v) is 11.5. The molecule has 178 valence electrons. The van der Waals surface area contributed by atoms with Gasteiger partial charge in [-0.05, 0) is 43.3 Å². The summed E-state index contributed by atoms with van der Waals surface area (Å²) in [6.07, 6.45) is -0.200. The van der Waals surface area contributed by atoms with Gasteiger partial charge in [-0.3, -0.25) is 9.69 Å². The summed E-state index contributed by atoms with van der Waals surface area (Å²) in [5, 5.41) is 21.9. The van der Waals surface area contributed by atoms with Crippen LogP contribution in [0.1, 0.15) is 31.9 Å². The highest BCUT2D eigenvalue weighted by molar-refractivity contribution is 5.80. The van der Waals surface area contributed by atoms with Gasteiger partial charge in [-0.25, -0.2) is 0 Å². The number of carbonyl (C=O) groups excluding carboxylic acids is 1. The summed E-state index contributed by atoms with van der Waals surface area (Å²) in [5.74, 6) is -0.0727. The van der Waals surface area contributed by atoms with Gasteiger partial charge in [0.2, 0.25) is 5.91 Å². The zero-order valence-electron chi connectivity index (χ0n) is 19.2. The molecule has 32 heavy (non-hydrogen) atoms. The fraction of sp³-hybridized carbons (Fsp3) is 0.625. The van der Waals surface area contributed by atoms with Crippen LogP contribution in [0.25, 0.3) is 10.9 Å². The average molecular weight is 448 g/mol. The SMILES string of the molecule is CO[C@H]1CN(C(C)=O)CCCN(Cc2cc3ccccc3[nH]2)CCCCOC[C@H](O)[C@@H]1O. The van der Waals surface area contributed by atoms with Gasteiger partial charge in [0.1, 0.15) is 18.3 Å². The van der Waals surface area contributed by atoms with Crippen molar-refractivity contribution in [3.63, 3.8) is 0 Å². The number of carbonyl (C=O) groups is 1. The summed E-state index contributed by atoms with van der Waals surface area (Å²) in [7, 11) is 1.48. The highest BCUT2D eigenvalue weighted by Crippen LogP contribution is 2.17. The van der Waals surface area contributed by atoms with Crippen LogP contribution in [0.4, 0.5) is 0 Å². The third-order valence-corrected chi connectivity index (χ3v) is 6.11. The molecule has 1 saturated heterocycles. The van der Waals surface area contributed by atoms with Gasteiger partial charge in [0.05, 0.1) is 6.61 Å². The Labute approximate surface area is 190 Å². The molecule has 3 N–H and O–H groups in total. The van der Waals surface area contributed by atoms with Gasteiger partial charge in [-0.15, -0.1) is 0 Å². The molecule has 0 bridgehead atoms. The van der Waals surface area contributed by atoms with Crippen LogP contribution in [0.3, 0.4) is 0 Å². The number of nitrogens with zero attached hydrogens (tertiary/aromatic N) is 2. The first kappa shape index (κ1) is 24.7. The molecule has 2 aromatic rings. The molecule has 1 aromatic heterocycles. The normalized spacial score (nSPS) is 25.4. The Hall–Kier alpha value is -1.97. The number of benzene rings is 1. The van der Waals surface area contributed by atoms with Crippen molar-refractivity contribution in [1.29, 1.82) is 0 Å². The molecule has 1 aliphatic heterocycles. The molecule has 3 rings (SSSR count). The molecule has 1 fully saturated rings. The van der Waals surface area contributed by atoms with Crippen LogP contribution in [-0.2, 0) is 20.8 Å². The topological polar surface area (TPSA) is 98.3 Å². The minimum atomic E-state index is -1.12. The summed E-state index contributed by atoms with van der Waals surface area (Å²) < 4.78 is 11.0. The molecule has 1 aliphatic rings. The van der Waals surface area contributed by atoms with Gasteiger partial charge >= 0.3 is 0 Å². The van der Waals surface area contributed by atoms with Crippen LogP contribution >= 0.6 is 0 Å². The predicted molar refractivity (Wildman–Crippen MR) is 123 cm³/mol. The van der Waals surface area contributed by atoms with Crippen LogP contribution in [0.15, 0.2) is 30.3 Å². The second-order valence-electron chi connectivity index (χ2n) is 8.59. The van der Waals surface area contributed by atoms with E-state index in [1.807, 2.05) is 12.1 Å². The third kappa shape index (κ3) is 7.02. The Balaban J connectivity index is 1.67. The Morgan fingerprint density at radius 1 is 1.19 bits per heavy atom. The van der Waals surface area contributed by atoms with E-state index in [0.717, 1.165) is 44.4 Å². The summed E-state index contributed by atoms with van der Waals surface area (Å²) in [6, 6.07) is 10.5. The number of hydrogen-bond acceptors (Lipinski definition) is 6. The number of fused-ring (bicyclic) bond motifs is 1. The van der Waals surface area contributed by atoms with E-state index in [2.05, 4.69) is 28.1 Å². The van der Waals surface area contributed by atoms with Crippen LogP contribution < -0.4 is 0 Å². The summed E-state index contributed by atoms with van der Waals surface area (Å²) in [6.45, 7) is 5.47. The van der Waals surface area contributed by atoms with Gasteiger partial charge in [0.15, 0.2) is 0 Å². The number of nitrogens with one attached hydrogen (secondary N) is 1. The lowest BCUT2D eigenvalue weighted by molar-refractivity contribution is -0.136. The molecule has 0 unspecified atom stereocenters. The van der Waals surface area contributed by atoms with Gasteiger partial charge < -0.3 is 29.6 Å². The van der Waals surface area contributed by atoms with Gasteiger partial charge in [-0.2, -0.15) is 0 Å². The van der Waals surface area contributed by atoms with E-state index in [0.29, 0.717) is 13.2 Å². The Morgan fingerprint density at radius 3 is 2.72 bits per heavy atom. The van der Waals surface area contributed by atoms with Gasteiger partial charge in [-0.1, -0.05) is 18.2 Å². The summed E-state index contributed by atoms with van der Waals surface area (Å²) >= 11 is 0. The number of aliphatic hydroxyl groups is 2. The molecule has 2 heterocycles. The number of hydrogen-bond donors (Lipinski definition) is 3. The molecule has 0 spiro atoms. The van der Waals surface area contributed by atoms with E-state index >= 15 is 0 Å². The van der Waals surface area contributed by atoms with Crippen LogP contribution in [0.2, 0.25) is 0 Å². The number of amides is 1. The number of methoxy groups -OCH3 is 1. The number of para-hydroxylation sites is 1. The number of H-pyrrole nitrogens is 1. The Morgan fingerprint density at radius 2 is 1.97 bits per heavy atom. The number of rotatable bonds is 3. The smallest absolute Gasteiger partial charge is 0.219 e. The second-order valence-corrected chi connectivity index (χ2v) is 8.59. The zero-order chi connectivity index (χ0) is 22.9. The first-order chi connectivity index (χ1) is 15.5. The Kier molecular flexibility index (Phi) is 9.50.